The van der Waals surface area contributed by atoms with E-state index in [4.69, 9.17) is 28.7 Å². The van der Waals surface area contributed by atoms with Crippen LogP contribution in [0.15, 0.2) is 82.9 Å². The number of hydrogen-bond donors (Lipinski definition) is 13. The van der Waals surface area contributed by atoms with Crippen molar-refractivity contribution in [1.29, 1.82) is 0 Å². The van der Waals surface area contributed by atoms with E-state index in [9.17, 15) is 76.6 Å². The number of sulfonamides is 1. The highest BCUT2D eigenvalue weighted by molar-refractivity contribution is 7.89. The van der Waals surface area contributed by atoms with Gasteiger partial charge >= 0.3 is 31.7 Å². The summed E-state index contributed by atoms with van der Waals surface area (Å²) in [5, 5.41) is 52.4. The van der Waals surface area contributed by atoms with Crippen molar-refractivity contribution in [2.45, 2.75) is 90.2 Å². The highest BCUT2D eigenvalue weighted by atomic mass is 32.2. The summed E-state index contributed by atoms with van der Waals surface area (Å²) < 4.78 is 68.0. The number of aromatic nitrogens is 3. The molecule has 5 aromatic rings. The van der Waals surface area contributed by atoms with Gasteiger partial charge in [0.15, 0.2) is 5.95 Å². The second-order valence-corrected chi connectivity index (χ2v) is 27.4. The second-order valence-electron chi connectivity index (χ2n) is 24.6. The number of anilines is 1. The van der Waals surface area contributed by atoms with Gasteiger partial charge in [-0.3, -0.25) is 72.5 Å². The zero-order chi connectivity index (χ0) is 77.1. The third kappa shape index (κ3) is 33.2. The molecule has 2 atom stereocenters. The number of carbonyl (C=O) groups is 8. The van der Waals surface area contributed by atoms with Gasteiger partial charge in [-0.25, -0.2) is 18.0 Å². The molecule has 38 heteroatoms. The van der Waals surface area contributed by atoms with Crippen LogP contribution in [0.2, 0.25) is 0 Å². The van der Waals surface area contributed by atoms with Crippen molar-refractivity contribution in [3.05, 3.63) is 111 Å². The van der Waals surface area contributed by atoms with Crippen LogP contribution in [-0.2, 0) is 82.4 Å². The number of ether oxygens (including phenoxy) is 4. The van der Waals surface area contributed by atoms with Crippen LogP contribution in [0.4, 0.5) is 5.95 Å². The lowest BCUT2D eigenvalue weighted by Crippen LogP contribution is -2.53. The number of rotatable bonds is 42. The minimum absolute atomic E-state index is 0. The van der Waals surface area contributed by atoms with Gasteiger partial charge < -0.3 is 80.0 Å². The lowest BCUT2D eigenvalue weighted by atomic mass is 10.0. The quantitative estimate of drug-likeness (QED) is 0.0193. The molecule has 0 saturated carbocycles. The molecule has 2 aromatic heterocycles. The maximum Gasteiger partial charge on any atom is 0.524 e. The molecule has 0 aliphatic carbocycles. The summed E-state index contributed by atoms with van der Waals surface area (Å²) >= 11 is 0. The number of nitrogens with one attached hydrogen (secondary N) is 7. The minimum atomic E-state index is -4.79. The third-order valence-corrected chi connectivity index (χ3v) is 18.2. The number of imidazole rings is 1. The third-order valence-electron chi connectivity index (χ3n) is 16.0. The number of phosphoric acid groups is 1. The first-order chi connectivity index (χ1) is 49.9. The molecule has 1 fully saturated rings. The minimum Gasteiger partial charge on any atom is -0.494 e. The number of hydrogen-bond acceptors (Lipinski definition) is 23. The van der Waals surface area contributed by atoms with E-state index in [0.717, 1.165) is 12.0 Å². The van der Waals surface area contributed by atoms with E-state index in [1.165, 1.54) is 42.6 Å². The number of amides is 4. The summed E-state index contributed by atoms with van der Waals surface area (Å²) in [6.45, 7) is 8.93. The number of aryl methyl sites for hydroxylation is 3. The number of benzene rings is 3. The van der Waals surface area contributed by atoms with E-state index in [1.54, 1.807) is 82.8 Å². The van der Waals surface area contributed by atoms with Crippen LogP contribution in [0.25, 0.3) is 10.9 Å². The van der Waals surface area contributed by atoms with Gasteiger partial charge in [-0.05, 0) is 98.2 Å². The Morgan fingerprint density at radius 3 is 1.76 bits per heavy atom. The van der Waals surface area contributed by atoms with Gasteiger partial charge in [0.25, 0.3) is 5.91 Å². The van der Waals surface area contributed by atoms with Crippen molar-refractivity contribution in [2.75, 3.05) is 150 Å². The Morgan fingerprint density at radius 1 is 0.670 bits per heavy atom. The van der Waals surface area contributed by atoms with Gasteiger partial charge in [0.1, 0.15) is 29.1 Å². The Kier molecular flexibility index (Phi) is 39.0. The fourth-order valence-corrected chi connectivity index (χ4v) is 12.9. The summed E-state index contributed by atoms with van der Waals surface area (Å²) in [6.07, 6.45) is 7.48. The molecular weight excluding hydrogens is 1430 g/mol. The first kappa shape index (κ1) is 89.4. The van der Waals surface area contributed by atoms with Crippen LogP contribution in [0, 0.1) is 13.8 Å². The Balaban J connectivity index is 0.000000445. The van der Waals surface area contributed by atoms with Crippen LogP contribution in [-0.4, -0.2) is 277 Å². The molecule has 0 radical (unpaired) electrons. The molecule has 6 rings (SSSR count). The van der Waals surface area contributed by atoms with Gasteiger partial charge in [0, 0.05) is 149 Å². The molecule has 13 N–H and O–H groups in total. The normalized spacial score (nSPS) is 14.1. The first-order valence-electron chi connectivity index (χ1n) is 33.9. The lowest BCUT2D eigenvalue weighted by Gasteiger charge is -2.33. The Labute approximate surface area is 615 Å². The van der Waals surface area contributed by atoms with Gasteiger partial charge in [-0.1, -0.05) is 32.5 Å². The molecule has 106 heavy (non-hydrogen) atoms. The molecule has 3 aromatic carbocycles. The Morgan fingerprint density at radius 2 is 1.23 bits per heavy atom. The summed E-state index contributed by atoms with van der Waals surface area (Å²) in [4.78, 5) is 144. The van der Waals surface area contributed by atoms with Crippen LogP contribution in [0.1, 0.15) is 79.1 Å². The number of aromatic amines is 1. The maximum absolute atomic E-state index is 13.5. The largest absolute Gasteiger partial charge is 0.524 e. The number of fused-ring (bicyclic) bond motifs is 1. The molecule has 1 aliphatic rings. The number of aliphatic carboxylic acids is 4. The summed E-state index contributed by atoms with van der Waals surface area (Å²) in [5.74, 6) is -5.83. The average molecular weight is 1530 g/mol. The van der Waals surface area contributed by atoms with Gasteiger partial charge in [-0.15, -0.1) is 0 Å². The molecule has 0 unspecified atom stereocenters. The molecular formula is C68H102N13O23PS. The molecule has 588 valence electrons. The predicted octanol–water partition coefficient (Wildman–Crippen LogP) is 1.21. The monoisotopic (exact) mass is 1530 g/mol. The predicted molar refractivity (Wildman–Crippen MR) is 389 cm³/mol. The molecule has 0 spiro atoms. The van der Waals surface area contributed by atoms with Gasteiger partial charge in [0.2, 0.25) is 33.2 Å². The number of carboxylic acids is 4. The van der Waals surface area contributed by atoms with E-state index >= 15 is 0 Å². The number of nitrogens with zero attached hydrogens (tertiary/aromatic N) is 6. The van der Waals surface area contributed by atoms with Gasteiger partial charge in [0.05, 0.1) is 56.4 Å². The number of phosphoric ester groups is 1. The van der Waals surface area contributed by atoms with Crippen molar-refractivity contribution in [1.82, 2.24) is 60.1 Å². The smallest absolute Gasteiger partial charge is 0.494 e. The molecule has 36 nitrogen and oxygen atoms in total. The van der Waals surface area contributed by atoms with Crippen LogP contribution >= 0.6 is 7.82 Å². The number of carboxylic acid groups (broad SMARTS) is 4. The fraction of sp³-hybridized carbons (Fsp3) is 0.529. The molecule has 1 saturated heterocycles. The second kappa shape index (κ2) is 46.2. The number of carbonyl (C=O) groups excluding carboxylic acids is 4. The van der Waals surface area contributed by atoms with Crippen LogP contribution < -0.4 is 46.0 Å². The highest BCUT2D eigenvalue weighted by Crippen LogP contribution is 2.37. The standard InChI is InChI=1S/C34H43N7O9S.C33H55N6O14P.CH4/c1-21-15-24(50-14-5-7-29(42)35-10-6-13-49-4)16-22(2)31(21)51(47,48)40-27(33(45)46)19-38-32(44)26-20-41(3)28-17-23(8-9-25(28)30(26)43)18-39-34-36-11-12-37-34;1-2-17-51-19-20-52-18-3-8-34-33(47)28(21-26-4-6-27(7-5-26)53-54(48,49)50)35-29(40)22-36-9-11-37(23-30(41)42)13-15-39(25-32(45)46)16-14-38(12-10-36)24-31(43)44;/h8-9,11-12,15-17,20,27,40H,5-7,10,13-14,18-19H2,1-4H3,(H,35,42)(H,38,44)(H,45,46)(H2,36,37,39);4-7,28H,2-3,8-25H2,1H3,(H,34,47)(H,35,40)(H,41,42)(H,43,44)(H,45,46)(H2,48,49,50);1H4/t27-;28-;/m01./s1. The SMILES string of the molecule is C.CCCOCCOCCCNC(=O)[C@@H](Cc1ccc(OP(=O)(O)O)cc1)NC(=O)CN1CCN(CC(=O)O)CCN(CC(=O)O)CCN(CC(=O)O)CC1.COCCCNC(=O)CCCOc1cc(C)c(S(=O)(=O)N[C@@H](CNC(=O)c2cn(C)c3cc(CNc4ncc[nH]4)ccc3c2=O)C(=O)O)c(C)c1. The lowest BCUT2D eigenvalue weighted by molar-refractivity contribution is -0.140. The summed E-state index contributed by atoms with van der Waals surface area (Å²) in [6, 6.07) is 11.0. The molecule has 3 heterocycles. The van der Waals surface area contributed by atoms with E-state index in [1.807, 2.05) is 6.92 Å². The van der Waals surface area contributed by atoms with Crippen LogP contribution in [0.3, 0.4) is 0 Å². The van der Waals surface area contributed by atoms with E-state index in [0.29, 0.717) is 99.3 Å². The van der Waals surface area contributed by atoms with Crippen molar-refractivity contribution >= 4 is 82.2 Å². The Hall–Kier alpha value is -8.98. The van der Waals surface area contributed by atoms with E-state index < -0.39 is 83.5 Å². The van der Waals surface area contributed by atoms with Crippen LogP contribution in [0.5, 0.6) is 11.5 Å². The van der Waals surface area contributed by atoms with Crippen molar-refractivity contribution in [3.8, 4) is 11.5 Å². The first-order valence-corrected chi connectivity index (χ1v) is 36.9. The summed E-state index contributed by atoms with van der Waals surface area (Å²) in [7, 11) is -5.91. The Bertz CT molecular complexity index is 3830. The fourth-order valence-electron chi connectivity index (χ4n) is 10.9. The zero-order valence-electron chi connectivity index (χ0n) is 59.5. The van der Waals surface area contributed by atoms with E-state index in [2.05, 4.69) is 45.8 Å². The zero-order valence-corrected chi connectivity index (χ0v) is 61.3. The van der Waals surface area contributed by atoms with Crippen molar-refractivity contribution in [3.63, 3.8) is 0 Å². The number of methoxy groups -OCH3 is 1. The average Bonchev–Trinajstić information content (AvgIpc) is 0.896. The highest BCUT2D eigenvalue weighted by Gasteiger charge is 2.31. The number of H-pyrrole nitrogens is 1. The topological polar surface area (TPSA) is 491 Å². The molecule has 0 bridgehead atoms. The van der Waals surface area contributed by atoms with Crippen molar-refractivity contribution in [2.24, 2.45) is 7.05 Å². The van der Waals surface area contributed by atoms with E-state index in [-0.39, 0.29) is 139 Å². The van der Waals surface area contributed by atoms with Gasteiger partial charge in [-0.2, -0.15) is 4.72 Å². The van der Waals surface area contributed by atoms with Crippen molar-refractivity contribution < 1.29 is 105 Å². The molecule has 4 amide bonds. The number of pyridine rings is 1. The maximum atomic E-state index is 13.5. The summed E-state index contributed by atoms with van der Waals surface area (Å²) in [5.41, 5.74) is 1.81. The molecule has 1 aliphatic heterocycles.